The van der Waals surface area contributed by atoms with E-state index in [0.717, 1.165) is 24.2 Å². The molecule has 4 aliphatic rings. The van der Waals surface area contributed by atoms with Gasteiger partial charge in [-0.05, 0) is 90.2 Å². The lowest BCUT2D eigenvalue weighted by atomic mass is 9.71. The van der Waals surface area contributed by atoms with Gasteiger partial charge in [-0.15, -0.1) is 0 Å². The van der Waals surface area contributed by atoms with Crippen LogP contribution in [-0.4, -0.2) is 18.1 Å². The summed E-state index contributed by atoms with van der Waals surface area (Å²) in [5.74, 6) is 3.12. The van der Waals surface area contributed by atoms with E-state index in [1.165, 1.54) is 57.8 Å². The molecule has 0 aromatic heterocycles. The zero-order chi connectivity index (χ0) is 27.2. The third kappa shape index (κ3) is 5.89. The van der Waals surface area contributed by atoms with Crippen molar-refractivity contribution < 1.29 is 0 Å². The van der Waals surface area contributed by atoms with Crippen LogP contribution >= 0.6 is 0 Å². The Morgan fingerprint density at radius 2 is 1.36 bits per heavy atom. The van der Waals surface area contributed by atoms with Crippen LogP contribution in [0.4, 0.5) is 0 Å². The lowest BCUT2D eigenvalue weighted by molar-refractivity contribution is 0.271. The van der Waals surface area contributed by atoms with E-state index in [9.17, 15) is 0 Å². The van der Waals surface area contributed by atoms with Gasteiger partial charge in [0.15, 0.2) is 0 Å². The molecule has 8 atom stereocenters. The van der Waals surface area contributed by atoms with E-state index in [1.54, 1.807) is 16.7 Å². The number of hydrogen-bond acceptors (Lipinski definition) is 2. The van der Waals surface area contributed by atoms with E-state index in [2.05, 4.69) is 99.8 Å². The van der Waals surface area contributed by atoms with E-state index in [0.29, 0.717) is 35.5 Å². The van der Waals surface area contributed by atoms with Gasteiger partial charge in [0, 0.05) is 30.1 Å². The number of hydrogen-bond donors (Lipinski definition) is 2. The molecule has 2 heteroatoms. The first-order valence-electron chi connectivity index (χ1n) is 16.3. The summed E-state index contributed by atoms with van der Waals surface area (Å²) in [6, 6.07) is 23.5. The topological polar surface area (TPSA) is 24.1 Å². The monoisotopic (exact) mass is 526 g/mol. The normalized spacial score (nSPS) is 34.7. The number of benzene rings is 2. The summed E-state index contributed by atoms with van der Waals surface area (Å²) < 4.78 is 0. The van der Waals surface area contributed by atoms with Gasteiger partial charge in [0.2, 0.25) is 0 Å². The van der Waals surface area contributed by atoms with Gasteiger partial charge >= 0.3 is 0 Å². The average Bonchev–Trinajstić information content (AvgIpc) is 3.58. The maximum absolute atomic E-state index is 4.22. The lowest BCUT2D eigenvalue weighted by Crippen LogP contribution is -2.36. The minimum absolute atomic E-state index is 0.243. The molecule has 212 valence electrons. The first-order chi connectivity index (χ1) is 18.7. The van der Waals surface area contributed by atoms with Gasteiger partial charge in [-0.25, -0.2) is 0 Å². The number of nitrogens with one attached hydrogen (secondary N) is 2. The van der Waals surface area contributed by atoms with Crippen LogP contribution in [0.15, 0.2) is 54.6 Å². The highest BCUT2D eigenvalue weighted by Gasteiger charge is 2.48. The van der Waals surface area contributed by atoms with Crippen LogP contribution in [0.2, 0.25) is 0 Å². The van der Waals surface area contributed by atoms with Crippen molar-refractivity contribution in [1.29, 1.82) is 0 Å². The molecular formula is C37H54N2. The van der Waals surface area contributed by atoms with Gasteiger partial charge < -0.3 is 10.6 Å². The second kappa shape index (κ2) is 11.0. The molecule has 8 unspecified atom stereocenters. The van der Waals surface area contributed by atoms with Gasteiger partial charge in [0.25, 0.3) is 0 Å². The van der Waals surface area contributed by atoms with E-state index in [1.807, 2.05) is 0 Å². The number of rotatable bonds is 7. The minimum Gasteiger partial charge on any atom is -0.310 e. The molecule has 2 aliphatic heterocycles. The second-order valence-electron chi connectivity index (χ2n) is 15.8. The molecule has 2 aromatic rings. The van der Waals surface area contributed by atoms with Crippen LogP contribution in [0.5, 0.6) is 0 Å². The van der Waals surface area contributed by atoms with Crippen molar-refractivity contribution in [3.05, 3.63) is 71.3 Å². The Bertz CT molecular complexity index is 1100. The molecule has 2 aromatic carbocycles. The summed E-state index contributed by atoms with van der Waals surface area (Å²) in [6.45, 7) is 12.3. The van der Waals surface area contributed by atoms with E-state index in [4.69, 9.17) is 0 Å². The van der Waals surface area contributed by atoms with Crippen LogP contribution < -0.4 is 10.6 Å². The van der Waals surface area contributed by atoms with Gasteiger partial charge in [-0.2, -0.15) is 0 Å². The Hall–Kier alpha value is -1.64. The Kier molecular flexibility index (Phi) is 7.75. The highest BCUT2D eigenvalue weighted by atomic mass is 15.0. The summed E-state index contributed by atoms with van der Waals surface area (Å²) in [7, 11) is 0. The fraction of sp³-hybridized carbons (Fsp3) is 0.676. The van der Waals surface area contributed by atoms with Crippen molar-refractivity contribution in [2.24, 2.45) is 28.6 Å². The Labute approximate surface area is 239 Å². The molecule has 39 heavy (non-hydrogen) atoms. The molecule has 2 nitrogen and oxygen atoms in total. The molecule has 0 bridgehead atoms. The second-order valence-corrected chi connectivity index (χ2v) is 15.8. The van der Waals surface area contributed by atoms with Crippen LogP contribution in [0.3, 0.4) is 0 Å². The summed E-state index contributed by atoms with van der Waals surface area (Å²) in [5, 5.41) is 8.41. The molecule has 0 spiro atoms. The Morgan fingerprint density at radius 3 is 2.15 bits per heavy atom. The van der Waals surface area contributed by atoms with Gasteiger partial charge in [0.05, 0.1) is 0 Å². The van der Waals surface area contributed by atoms with Crippen molar-refractivity contribution in [2.45, 2.75) is 129 Å². The molecule has 2 heterocycles. The van der Waals surface area contributed by atoms with Crippen LogP contribution in [0, 0.1) is 28.6 Å². The summed E-state index contributed by atoms with van der Waals surface area (Å²) in [5.41, 5.74) is 5.38. The van der Waals surface area contributed by atoms with Crippen molar-refractivity contribution in [3.63, 3.8) is 0 Å². The van der Waals surface area contributed by atoms with E-state index >= 15 is 0 Å². The fourth-order valence-electron chi connectivity index (χ4n) is 9.59. The molecular weight excluding hydrogens is 472 g/mol. The van der Waals surface area contributed by atoms with E-state index < -0.39 is 0 Å². The molecule has 2 N–H and O–H groups in total. The summed E-state index contributed by atoms with van der Waals surface area (Å²) >= 11 is 0. The summed E-state index contributed by atoms with van der Waals surface area (Å²) in [4.78, 5) is 0. The Balaban J connectivity index is 1.22. The molecule has 6 rings (SSSR count). The van der Waals surface area contributed by atoms with Crippen LogP contribution in [0.25, 0.3) is 0 Å². The zero-order valence-corrected chi connectivity index (χ0v) is 25.4. The largest absolute Gasteiger partial charge is 0.310 e. The third-order valence-electron chi connectivity index (χ3n) is 11.0. The molecule has 2 saturated heterocycles. The molecule has 2 saturated carbocycles. The highest BCUT2D eigenvalue weighted by Crippen LogP contribution is 2.51. The first-order valence-corrected chi connectivity index (χ1v) is 16.3. The van der Waals surface area contributed by atoms with Gasteiger partial charge in [-0.1, -0.05) is 108 Å². The maximum Gasteiger partial charge on any atom is 0.0357 e. The predicted octanol–water partition coefficient (Wildman–Crippen LogP) is 8.83. The van der Waals surface area contributed by atoms with Crippen LogP contribution in [0.1, 0.15) is 121 Å². The smallest absolute Gasteiger partial charge is 0.0357 e. The van der Waals surface area contributed by atoms with Crippen molar-refractivity contribution in [2.75, 3.05) is 0 Å². The minimum atomic E-state index is 0.243. The SMILES string of the molecule is CC(C)(C)CC1NC(c2ccccc2CC(C)(C)CC2NC3CCCCC3C2c2ccccc2)C2CCCC12. The molecule has 4 fully saturated rings. The van der Waals surface area contributed by atoms with Gasteiger partial charge in [0.1, 0.15) is 0 Å². The predicted molar refractivity (Wildman–Crippen MR) is 165 cm³/mol. The fourth-order valence-corrected chi connectivity index (χ4v) is 9.59. The number of fused-ring (bicyclic) bond motifs is 2. The quantitative estimate of drug-likeness (QED) is 0.376. The average molecular weight is 527 g/mol. The summed E-state index contributed by atoms with van der Waals surface area (Å²) in [6.07, 6.45) is 13.5. The van der Waals surface area contributed by atoms with Crippen molar-refractivity contribution in [3.8, 4) is 0 Å². The van der Waals surface area contributed by atoms with Gasteiger partial charge in [-0.3, -0.25) is 0 Å². The lowest BCUT2D eigenvalue weighted by Gasteiger charge is -2.34. The Morgan fingerprint density at radius 1 is 0.667 bits per heavy atom. The first kappa shape index (κ1) is 27.5. The van der Waals surface area contributed by atoms with Crippen molar-refractivity contribution >= 4 is 0 Å². The standard InChI is InChI=1S/C37H54N2/c1-36(2,3)23-32-28-19-13-20-29(28)35(39-32)27-17-10-9-16-26(27)22-37(4,5)24-33-34(25-14-7-6-8-15-25)30-18-11-12-21-31(30)38-33/h6-10,14-17,28-35,38-39H,11-13,18-24H2,1-5H3. The third-order valence-corrected chi connectivity index (χ3v) is 11.0. The molecule has 0 radical (unpaired) electrons. The molecule has 0 amide bonds. The van der Waals surface area contributed by atoms with E-state index in [-0.39, 0.29) is 5.41 Å². The van der Waals surface area contributed by atoms with Crippen molar-refractivity contribution in [1.82, 2.24) is 10.6 Å². The zero-order valence-electron chi connectivity index (χ0n) is 25.4. The maximum atomic E-state index is 4.22. The highest BCUT2D eigenvalue weighted by molar-refractivity contribution is 5.34. The molecule has 2 aliphatic carbocycles. The van der Waals surface area contributed by atoms with Crippen LogP contribution in [-0.2, 0) is 6.42 Å².